The molecule has 2 saturated carbocycles. The summed E-state index contributed by atoms with van der Waals surface area (Å²) in [6, 6.07) is 6.38. The van der Waals surface area contributed by atoms with E-state index in [9.17, 15) is 19.8 Å². The molecule has 12 nitrogen and oxygen atoms in total. The molecule has 2 saturated heterocycles. The van der Waals surface area contributed by atoms with Gasteiger partial charge in [-0.15, -0.1) is 6.58 Å². The van der Waals surface area contributed by atoms with Crippen molar-refractivity contribution in [3.63, 3.8) is 0 Å². The van der Waals surface area contributed by atoms with Gasteiger partial charge in [0.1, 0.15) is 5.76 Å². The van der Waals surface area contributed by atoms with Crippen molar-refractivity contribution in [1.29, 1.82) is 0 Å². The Balaban J connectivity index is 0.000000170. The summed E-state index contributed by atoms with van der Waals surface area (Å²) in [6.07, 6.45) is 10.4. The first kappa shape index (κ1) is 35.1. The van der Waals surface area contributed by atoms with E-state index in [0.29, 0.717) is 75.4 Å². The molecule has 2 spiro atoms. The third-order valence-corrected chi connectivity index (χ3v) is 8.72. The van der Waals surface area contributed by atoms with Gasteiger partial charge in [0.25, 0.3) is 0 Å². The fraction of sp³-hybridized carbons (Fsp3) is 0.562. The van der Waals surface area contributed by atoms with E-state index in [-0.39, 0.29) is 17.3 Å². The minimum atomic E-state index is -0.904. The number of carbonyl (C=O) groups is 2. The lowest BCUT2D eigenvalue weighted by molar-refractivity contribution is -0.196. The highest BCUT2D eigenvalue weighted by molar-refractivity contribution is 9.10. The van der Waals surface area contributed by atoms with Gasteiger partial charge in [-0.2, -0.15) is 0 Å². The molecule has 248 valence electrons. The highest BCUT2D eigenvalue weighted by Gasteiger charge is 2.45. The van der Waals surface area contributed by atoms with Crippen LogP contribution in [0, 0.1) is 0 Å². The fourth-order valence-electron chi connectivity index (χ4n) is 5.48. The standard InChI is InChI=1S/C16H20O6.C10H16O3.C6H5BrO3/c1-19-14(17)13-3-2-12(22-13)4-5-15(18)6-8-16(9-7-15)20-10-11-21-16;1-2-9(11)3-5-10(6-4-9)12-7-8-13-10;1-9-6(8)4-2-3-5(7)10-4/h2-5,18H,6-11H2,1H3;2,11H,1,3-8H2;2-3H,1H3/b5-4+;;. The summed E-state index contributed by atoms with van der Waals surface area (Å²) in [7, 11) is 2.60. The van der Waals surface area contributed by atoms with Crippen molar-refractivity contribution in [1.82, 2.24) is 0 Å². The van der Waals surface area contributed by atoms with Gasteiger partial charge >= 0.3 is 11.9 Å². The Hall–Kier alpha value is -2.78. The number of ether oxygens (including phenoxy) is 6. The van der Waals surface area contributed by atoms with Crippen LogP contribution in [0.2, 0.25) is 0 Å². The number of rotatable bonds is 5. The molecule has 2 N–H and O–H groups in total. The van der Waals surface area contributed by atoms with E-state index >= 15 is 0 Å². The smallest absolute Gasteiger partial charge is 0.373 e. The van der Waals surface area contributed by atoms with Gasteiger partial charge in [0, 0.05) is 25.7 Å². The average molecular weight is 698 g/mol. The SMILES string of the molecule is C=CC1(O)CCC2(CC1)OCCO2.COC(=O)c1ccc(/C=C/C2(O)CCC3(CC2)OCCO3)o1.COC(=O)c1ccc(Br)o1. The maximum atomic E-state index is 11.3. The number of carbonyl (C=O) groups excluding carboxylic acids is 2. The molecule has 0 atom stereocenters. The average Bonchev–Trinajstić information content (AvgIpc) is 3.89. The zero-order valence-corrected chi connectivity index (χ0v) is 27.2. The molecule has 13 heteroatoms. The zero-order valence-electron chi connectivity index (χ0n) is 25.6. The lowest BCUT2D eigenvalue weighted by Crippen LogP contribution is -2.42. The molecule has 4 heterocycles. The van der Waals surface area contributed by atoms with Gasteiger partial charge in [0.15, 0.2) is 16.2 Å². The second-order valence-corrected chi connectivity index (χ2v) is 12.0. The minimum absolute atomic E-state index is 0.143. The van der Waals surface area contributed by atoms with Crippen LogP contribution in [0.5, 0.6) is 0 Å². The van der Waals surface area contributed by atoms with Crippen molar-refractivity contribution in [2.45, 2.75) is 74.1 Å². The van der Waals surface area contributed by atoms with Crippen molar-refractivity contribution in [2.75, 3.05) is 40.6 Å². The lowest BCUT2D eigenvalue weighted by atomic mass is 9.81. The van der Waals surface area contributed by atoms with E-state index in [1.54, 1.807) is 36.4 Å². The molecule has 45 heavy (non-hydrogen) atoms. The van der Waals surface area contributed by atoms with E-state index in [2.05, 4.69) is 32.0 Å². The summed E-state index contributed by atoms with van der Waals surface area (Å²) in [5, 5.41) is 20.5. The van der Waals surface area contributed by atoms with Crippen molar-refractivity contribution in [3.8, 4) is 0 Å². The molecule has 4 aliphatic rings. The Kier molecular flexibility index (Phi) is 11.9. The molecule has 0 amide bonds. The van der Waals surface area contributed by atoms with Gasteiger partial charge in [-0.25, -0.2) is 9.59 Å². The van der Waals surface area contributed by atoms with Gasteiger partial charge in [-0.1, -0.05) is 6.08 Å². The quantitative estimate of drug-likeness (QED) is 0.313. The summed E-state index contributed by atoms with van der Waals surface area (Å²) in [4.78, 5) is 22.0. The topological polar surface area (TPSA) is 156 Å². The summed E-state index contributed by atoms with van der Waals surface area (Å²) in [5.74, 6) is -1.02. The van der Waals surface area contributed by atoms with E-state index in [4.69, 9.17) is 27.8 Å². The van der Waals surface area contributed by atoms with E-state index < -0.39 is 28.9 Å². The van der Waals surface area contributed by atoms with E-state index in [1.807, 2.05) is 0 Å². The third-order valence-electron chi connectivity index (χ3n) is 8.29. The maximum Gasteiger partial charge on any atom is 0.373 e. The predicted octanol–water partition coefficient (Wildman–Crippen LogP) is 5.18. The molecule has 2 aliphatic carbocycles. The summed E-state index contributed by atoms with van der Waals surface area (Å²) in [6.45, 7) is 6.26. The highest BCUT2D eigenvalue weighted by Crippen LogP contribution is 2.42. The molecule has 4 fully saturated rings. The van der Waals surface area contributed by atoms with Gasteiger partial charge in [-0.05, 0) is 78.0 Å². The first-order valence-corrected chi connectivity index (χ1v) is 15.6. The van der Waals surface area contributed by atoms with Gasteiger partial charge in [0.05, 0.1) is 51.8 Å². The Morgan fingerprint density at radius 3 is 1.60 bits per heavy atom. The van der Waals surface area contributed by atoms with Crippen LogP contribution in [0.15, 0.2) is 56.5 Å². The first-order valence-electron chi connectivity index (χ1n) is 14.8. The second-order valence-electron chi connectivity index (χ2n) is 11.2. The van der Waals surface area contributed by atoms with E-state index in [1.165, 1.54) is 20.3 Å². The minimum Gasteiger partial charge on any atom is -0.463 e. The predicted molar refractivity (Wildman–Crippen MR) is 163 cm³/mol. The highest BCUT2D eigenvalue weighted by atomic mass is 79.9. The van der Waals surface area contributed by atoms with Crippen LogP contribution in [0.3, 0.4) is 0 Å². The number of halogens is 1. The van der Waals surface area contributed by atoms with Gasteiger partial charge in [0.2, 0.25) is 11.5 Å². The Bertz CT molecular complexity index is 1290. The van der Waals surface area contributed by atoms with Gasteiger partial charge < -0.3 is 47.5 Å². The summed E-state index contributed by atoms with van der Waals surface area (Å²) >= 11 is 3.06. The van der Waals surface area contributed by atoms with Crippen LogP contribution in [0.1, 0.15) is 78.2 Å². The van der Waals surface area contributed by atoms with Crippen LogP contribution in [-0.2, 0) is 28.4 Å². The number of furan rings is 2. The number of hydrogen-bond acceptors (Lipinski definition) is 12. The lowest BCUT2D eigenvalue weighted by Gasteiger charge is -2.39. The van der Waals surface area contributed by atoms with Crippen LogP contribution in [0.4, 0.5) is 0 Å². The molecular weight excluding hydrogens is 656 g/mol. The molecule has 2 aliphatic heterocycles. The van der Waals surface area contributed by atoms with Crippen molar-refractivity contribution >= 4 is 33.9 Å². The fourth-order valence-corrected chi connectivity index (χ4v) is 5.79. The van der Waals surface area contributed by atoms with Gasteiger partial charge in [-0.3, -0.25) is 0 Å². The van der Waals surface area contributed by atoms with Crippen LogP contribution >= 0.6 is 15.9 Å². The second kappa shape index (κ2) is 15.2. The molecule has 2 aromatic heterocycles. The Morgan fingerprint density at radius 1 is 0.733 bits per heavy atom. The normalized spacial score (nSPS) is 24.4. The number of aliphatic hydroxyl groups is 2. The molecular formula is C32H41BrO12. The molecule has 2 aromatic rings. The number of esters is 2. The Morgan fingerprint density at radius 2 is 1.18 bits per heavy atom. The molecule has 0 unspecified atom stereocenters. The molecule has 0 radical (unpaired) electrons. The molecule has 6 rings (SSSR count). The third kappa shape index (κ3) is 9.38. The number of hydrogen-bond donors (Lipinski definition) is 2. The van der Waals surface area contributed by atoms with Crippen LogP contribution in [-0.4, -0.2) is 85.6 Å². The monoisotopic (exact) mass is 696 g/mol. The summed E-state index contributed by atoms with van der Waals surface area (Å²) < 4.78 is 42.1. The van der Waals surface area contributed by atoms with Crippen molar-refractivity contribution in [2.24, 2.45) is 0 Å². The largest absolute Gasteiger partial charge is 0.463 e. The maximum absolute atomic E-state index is 11.3. The Labute approximate surface area is 270 Å². The van der Waals surface area contributed by atoms with Crippen molar-refractivity contribution in [3.05, 3.63) is 64.9 Å². The number of methoxy groups -OCH3 is 2. The first-order chi connectivity index (χ1) is 21.5. The van der Waals surface area contributed by atoms with Crippen molar-refractivity contribution < 1.29 is 57.1 Å². The summed E-state index contributed by atoms with van der Waals surface area (Å²) in [5.41, 5.74) is -1.60. The van der Waals surface area contributed by atoms with E-state index in [0.717, 1.165) is 12.8 Å². The zero-order chi connectivity index (χ0) is 32.6. The molecule has 0 aromatic carbocycles. The van der Waals surface area contributed by atoms with Crippen LogP contribution < -0.4 is 0 Å². The molecule has 0 bridgehead atoms. The van der Waals surface area contributed by atoms with Crippen LogP contribution in [0.25, 0.3) is 6.08 Å².